The van der Waals surface area contributed by atoms with Gasteiger partial charge in [-0.1, -0.05) is 17.7 Å². The van der Waals surface area contributed by atoms with Gasteiger partial charge in [0.1, 0.15) is 0 Å². The van der Waals surface area contributed by atoms with E-state index in [1.807, 2.05) is 12.4 Å². The van der Waals surface area contributed by atoms with Crippen LogP contribution in [0.25, 0.3) is 0 Å². The normalized spacial score (nSPS) is 29.4. The third-order valence-corrected chi connectivity index (χ3v) is 6.18. The van der Waals surface area contributed by atoms with Gasteiger partial charge < -0.3 is 5.32 Å². The van der Waals surface area contributed by atoms with Gasteiger partial charge >= 0.3 is 0 Å². The fraction of sp³-hybridized carbons (Fsp3) is 0.565. The summed E-state index contributed by atoms with van der Waals surface area (Å²) in [5.74, 6) is 0.630. The molecule has 1 N–H and O–H groups in total. The molecule has 1 saturated carbocycles. The van der Waals surface area contributed by atoms with Crippen molar-refractivity contribution >= 4 is 12.9 Å². The van der Waals surface area contributed by atoms with Crippen LogP contribution in [0.15, 0.2) is 56.3 Å². The zero-order chi connectivity index (χ0) is 18.5. The average Bonchev–Trinajstić information content (AvgIpc) is 2.69. The molecule has 0 aromatic carbocycles. The van der Waals surface area contributed by atoms with Crippen molar-refractivity contribution in [2.45, 2.75) is 77.8 Å². The highest BCUT2D eigenvalue weighted by atomic mass is 15.0. The molecule has 1 aliphatic heterocycles. The van der Waals surface area contributed by atoms with E-state index in [1.165, 1.54) is 42.4 Å². The zero-order valence-electron chi connectivity index (χ0n) is 16.6. The number of nitrogens with zero attached hydrogens (tertiary/aromatic N) is 2. The molecule has 0 bridgehead atoms. The summed E-state index contributed by atoms with van der Waals surface area (Å²) in [5, 5.41) is 3.87. The van der Waals surface area contributed by atoms with Crippen LogP contribution in [0.2, 0.25) is 0 Å². The number of nitrogens with one attached hydrogen (secondary N) is 1. The molecule has 3 heteroatoms. The lowest BCUT2D eigenvalue weighted by molar-refractivity contribution is 0.374. The first kappa shape index (κ1) is 19.0. The van der Waals surface area contributed by atoms with Crippen LogP contribution in [0.5, 0.6) is 0 Å². The van der Waals surface area contributed by atoms with E-state index in [0.29, 0.717) is 18.0 Å². The van der Waals surface area contributed by atoms with Gasteiger partial charge in [-0.25, -0.2) is 0 Å². The average molecular weight is 352 g/mol. The molecule has 0 spiro atoms. The Morgan fingerprint density at radius 1 is 1.27 bits per heavy atom. The van der Waals surface area contributed by atoms with Crippen molar-refractivity contribution in [3.05, 3.63) is 46.3 Å². The molecule has 1 fully saturated rings. The van der Waals surface area contributed by atoms with E-state index >= 15 is 0 Å². The van der Waals surface area contributed by atoms with Gasteiger partial charge in [0.05, 0.1) is 0 Å². The molecule has 140 valence electrons. The van der Waals surface area contributed by atoms with Crippen LogP contribution in [0.1, 0.15) is 65.7 Å². The second-order valence-electron chi connectivity index (χ2n) is 7.89. The van der Waals surface area contributed by atoms with E-state index in [1.54, 1.807) is 5.57 Å². The smallest absolute Gasteiger partial charge is 0.0373 e. The highest BCUT2D eigenvalue weighted by Gasteiger charge is 2.31. The standard InChI is InChI=1S/C23H33N3/c1-16-8-5-6-10-21(16)19-11-12-23(22(14-19)18(3)24-4)26-17(2)20-9-7-13-25-15-20/h8,10,13,15,17,19,23,26H,4-7,9,11-12,14H2,1-3H3. The van der Waals surface area contributed by atoms with Crippen LogP contribution >= 0.6 is 0 Å². The Morgan fingerprint density at radius 2 is 2.08 bits per heavy atom. The fourth-order valence-corrected chi connectivity index (χ4v) is 4.56. The van der Waals surface area contributed by atoms with Gasteiger partial charge in [-0.05, 0) is 95.1 Å². The summed E-state index contributed by atoms with van der Waals surface area (Å²) in [6.45, 7) is 10.5. The van der Waals surface area contributed by atoms with Crippen LogP contribution in [-0.2, 0) is 0 Å². The molecule has 2 aliphatic carbocycles. The van der Waals surface area contributed by atoms with Crippen LogP contribution in [0.4, 0.5) is 0 Å². The Hall–Kier alpha value is -1.74. The quantitative estimate of drug-likeness (QED) is 0.650. The molecule has 0 aromatic heterocycles. The van der Waals surface area contributed by atoms with Gasteiger partial charge in [0.2, 0.25) is 0 Å². The van der Waals surface area contributed by atoms with Gasteiger partial charge in [-0.15, -0.1) is 0 Å². The molecule has 0 saturated heterocycles. The van der Waals surface area contributed by atoms with Crippen molar-refractivity contribution in [2.75, 3.05) is 0 Å². The maximum atomic E-state index is 4.34. The Kier molecular flexibility index (Phi) is 6.42. The van der Waals surface area contributed by atoms with E-state index in [9.17, 15) is 0 Å². The van der Waals surface area contributed by atoms with Gasteiger partial charge in [0, 0.05) is 30.2 Å². The van der Waals surface area contributed by atoms with Crippen molar-refractivity contribution in [1.82, 2.24) is 5.32 Å². The fourth-order valence-electron chi connectivity index (χ4n) is 4.56. The highest BCUT2D eigenvalue weighted by molar-refractivity contribution is 5.60. The van der Waals surface area contributed by atoms with Crippen LogP contribution in [0.3, 0.4) is 0 Å². The van der Waals surface area contributed by atoms with Gasteiger partial charge in [-0.2, -0.15) is 0 Å². The minimum absolute atomic E-state index is 0.358. The Bertz CT molecular complexity index is 690. The maximum absolute atomic E-state index is 4.34. The molecular formula is C23H33N3. The Balaban J connectivity index is 1.74. The lowest BCUT2D eigenvalue weighted by Gasteiger charge is -2.37. The molecule has 3 unspecified atom stereocenters. The summed E-state index contributed by atoms with van der Waals surface area (Å²) in [6.07, 6.45) is 17.0. The zero-order valence-corrected chi connectivity index (χ0v) is 16.6. The molecule has 3 aliphatic rings. The monoisotopic (exact) mass is 351 g/mol. The van der Waals surface area contributed by atoms with Crippen molar-refractivity contribution < 1.29 is 0 Å². The second-order valence-corrected chi connectivity index (χ2v) is 7.89. The second kappa shape index (κ2) is 8.77. The first-order chi connectivity index (χ1) is 12.6. The van der Waals surface area contributed by atoms with Crippen molar-refractivity contribution in [2.24, 2.45) is 15.9 Å². The van der Waals surface area contributed by atoms with Crippen molar-refractivity contribution in [3.8, 4) is 0 Å². The summed E-state index contributed by atoms with van der Waals surface area (Å²) in [7, 11) is 0. The number of hydrogen-bond acceptors (Lipinski definition) is 3. The predicted molar refractivity (Wildman–Crippen MR) is 113 cm³/mol. The van der Waals surface area contributed by atoms with Gasteiger partial charge in [-0.3, -0.25) is 9.98 Å². The van der Waals surface area contributed by atoms with Crippen LogP contribution in [-0.4, -0.2) is 25.0 Å². The lowest BCUT2D eigenvalue weighted by Crippen LogP contribution is -2.42. The van der Waals surface area contributed by atoms with Crippen molar-refractivity contribution in [3.63, 3.8) is 0 Å². The highest BCUT2D eigenvalue weighted by Crippen LogP contribution is 2.39. The molecule has 3 rings (SSSR count). The van der Waals surface area contributed by atoms with Crippen LogP contribution in [0, 0.1) is 5.92 Å². The van der Waals surface area contributed by atoms with E-state index in [4.69, 9.17) is 0 Å². The molecule has 0 radical (unpaired) electrons. The minimum Gasteiger partial charge on any atom is -0.304 e. The maximum Gasteiger partial charge on any atom is 0.0373 e. The van der Waals surface area contributed by atoms with E-state index in [2.05, 4.69) is 54.9 Å². The van der Waals surface area contributed by atoms with Gasteiger partial charge in [0.15, 0.2) is 0 Å². The largest absolute Gasteiger partial charge is 0.304 e. The van der Waals surface area contributed by atoms with E-state index < -0.39 is 0 Å². The predicted octanol–water partition coefficient (Wildman–Crippen LogP) is 5.52. The summed E-state index contributed by atoms with van der Waals surface area (Å²) >= 11 is 0. The molecular weight excluding hydrogens is 318 g/mol. The summed E-state index contributed by atoms with van der Waals surface area (Å²) in [4.78, 5) is 8.64. The summed E-state index contributed by atoms with van der Waals surface area (Å²) in [5.41, 5.74) is 7.01. The topological polar surface area (TPSA) is 36.8 Å². The number of aliphatic imine (C=N–C) groups is 2. The molecule has 3 nitrogen and oxygen atoms in total. The number of allylic oxidation sites excluding steroid dienone is 5. The summed E-state index contributed by atoms with van der Waals surface area (Å²) < 4.78 is 0. The molecule has 0 amide bonds. The number of hydrogen-bond donors (Lipinski definition) is 1. The van der Waals surface area contributed by atoms with Crippen LogP contribution < -0.4 is 5.32 Å². The lowest BCUT2D eigenvalue weighted by atomic mass is 9.74. The van der Waals surface area contributed by atoms with Gasteiger partial charge in [0.25, 0.3) is 0 Å². The van der Waals surface area contributed by atoms with Crippen molar-refractivity contribution in [1.29, 1.82) is 0 Å². The Labute approximate surface area is 158 Å². The minimum atomic E-state index is 0.358. The Morgan fingerprint density at radius 3 is 2.77 bits per heavy atom. The van der Waals surface area contributed by atoms with E-state index in [0.717, 1.165) is 25.0 Å². The third-order valence-electron chi connectivity index (χ3n) is 6.18. The summed E-state index contributed by atoms with van der Waals surface area (Å²) in [6, 6.07) is 0.754. The first-order valence-electron chi connectivity index (χ1n) is 10.1. The SMILES string of the molecule is C=NC(C)=C1CC(C2=CCCC=C2C)CCC1NC(C)C1=CN=CCC1. The number of rotatable bonds is 5. The molecule has 0 aromatic rings. The molecule has 26 heavy (non-hydrogen) atoms. The third kappa shape index (κ3) is 4.32. The molecule has 1 heterocycles. The molecule has 3 atom stereocenters. The first-order valence-corrected chi connectivity index (χ1v) is 10.1. The van der Waals surface area contributed by atoms with E-state index in [-0.39, 0.29) is 0 Å².